The Morgan fingerprint density at radius 2 is 1.34 bits per heavy atom. The largest absolute Gasteiger partial charge is 0.486 e. The minimum absolute atomic E-state index is 0.0499. The van der Waals surface area contributed by atoms with Crippen molar-refractivity contribution in [3.05, 3.63) is 54.4 Å². The van der Waals surface area contributed by atoms with Crippen LogP contribution in [0.5, 0.6) is 23.0 Å². The third-order valence-corrected chi connectivity index (χ3v) is 4.80. The van der Waals surface area contributed by atoms with Gasteiger partial charge in [0, 0.05) is 29.7 Å². The molecule has 2 aliphatic rings. The Bertz CT molecular complexity index is 1170. The number of nitrogens with zero attached hydrogens (tertiary/aromatic N) is 2. The fourth-order valence-electron chi connectivity index (χ4n) is 3.36. The number of benzene rings is 2. The van der Waals surface area contributed by atoms with Crippen molar-refractivity contribution in [1.82, 2.24) is 9.78 Å². The van der Waals surface area contributed by atoms with Gasteiger partial charge in [0.15, 0.2) is 28.7 Å². The average Bonchev–Trinajstić information content (AvgIpc) is 3.27. The zero-order valence-corrected chi connectivity index (χ0v) is 17.0. The van der Waals surface area contributed by atoms with Crippen LogP contribution in [0.3, 0.4) is 0 Å². The van der Waals surface area contributed by atoms with Crippen LogP contribution in [0.4, 0.5) is 11.4 Å². The fourth-order valence-corrected chi connectivity index (χ4v) is 3.36. The Morgan fingerprint density at radius 1 is 0.781 bits per heavy atom. The summed E-state index contributed by atoms with van der Waals surface area (Å²) >= 11 is 0. The van der Waals surface area contributed by atoms with Crippen molar-refractivity contribution in [3.63, 3.8) is 0 Å². The van der Waals surface area contributed by atoms with Gasteiger partial charge < -0.3 is 29.6 Å². The number of rotatable bonds is 5. The van der Waals surface area contributed by atoms with Gasteiger partial charge in [0.1, 0.15) is 33.0 Å². The first kappa shape index (κ1) is 19.7. The van der Waals surface area contributed by atoms with Gasteiger partial charge in [-0.15, -0.1) is 0 Å². The van der Waals surface area contributed by atoms with Crippen LogP contribution in [-0.2, 0) is 11.3 Å². The second-order valence-electron chi connectivity index (χ2n) is 7.12. The summed E-state index contributed by atoms with van der Waals surface area (Å²) in [6, 6.07) is 11.9. The van der Waals surface area contributed by atoms with Crippen LogP contribution in [0, 0.1) is 0 Å². The molecule has 0 spiro atoms. The summed E-state index contributed by atoms with van der Waals surface area (Å²) in [6.45, 7) is 1.88. The van der Waals surface area contributed by atoms with Crippen LogP contribution < -0.4 is 29.6 Å². The zero-order valence-electron chi connectivity index (χ0n) is 17.0. The lowest BCUT2D eigenvalue weighted by molar-refractivity contribution is -0.116. The van der Waals surface area contributed by atoms with E-state index in [0.717, 1.165) is 0 Å². The van der Waals surface area contributed by atoms with Gasteiger partial charge in [-0.25, -0.2) is 0 Å². The molecule has 0 aliphatic carbocycles. The fraction of sp³-hybridized carbons (Fsp3) is 0.227. The maximum absolute atomic E-state index is 12.5. The highest BCUT2D eigenvalue weighted by Crippen LogP contribution is 2.33. The summed E-state index contributed by atoms with van der Waals surface area (Å²) in [4.78, 5) is 24.9. The standard InChI is InChI=1S/C22H20N4O6/c27-21(23-14-1-3-17-19(11-14)31-9-7-29-17)13-26-6-5-16(25-26)22(28)24-15-2-4-18-20(12-15)32-10-8-30-18/h1-6,11-12H,7-10,13H2,(H,23,27)(H,24,28). The molecule has 32 heavy (non-hydrogen) atoms. The lowest BCUT2D eigenvalue weighted by Crippen LogP contribution is -2.20. The van der Waals surface area contributed by atoms with E-state index in [-0.39, 0.29) is 18.1 Å². The molecule has 0 unspecified atom stereocenters. The zero-order chi connectivity index (χ0) is 21.9. The molecular weight excluding hydrogens is 416 g/mol. The van der Waals surface area contributed by atoms with Crippen molar-refractivity contribution in [2.75, 3.05) is 37.1 Å². The molecule has 164 valence electrons. The number of ether oxygens (including phenoxy) is 4. The Morgan fingerprint density at radius 3 is 1.97 bits per heavy atom. The van der Waals surface area contributed by atoms with Crippen molar-refractivity contribution in [2.45, 2.75) is 6.54 Å². The number of anilines is 2. The van der Waals surface area contributed by atoms with Crippen molar-refractivity contribution < 1.29 is 28.5 Å². The summed E-state index contributed by atoms with van der Waals surface area (Å²) in [6.07, 6.45) is 1.57. The first-order valence-corrected chi connectivity index (χ1v) is 10.1. The van der Waals surface area contributed by atoms with Crippen LogP contribution in [0.15, 0.2) is 48.7 Å². The molecule has 0 radical (unpaired) electrons. The molecular formula is C22H20N4O6. The maximum Gasteiger partial charge on any atom is 0.276 e. The van der Waals surface area contributed by atoms with E-state index in [4.69, 9.17) is 18.9 Å². The molecule has 2 N–H and O–H groups in total. The molecule has 2 amide bonds. The van der Waals surface area contributed by atoms with Crippen LogP contribution in [0.1, 0.15) is 10.5 Å². The third kappa shape index (κ3) is 4.29. The Kier molecular flexibility index (Phi) is 5.24. The molecule has 2 aromatic carbocycles. The molecule has 3 aromatic rings. The predicted molar refractivity (Wildman–Crippen MR) is 114 cm³/mol. The summed E-state index contributed by atoms with van der Waals surface area (Å²) in [5.41, 5.74) is 1.33. The molecule has 0 fully saturated rings. The van der Waals surface area contributed by atoms with Gasteiger partial charge in [-0.3, -0.25) is 14.3 Å². The molecule has 0 atom stereocenters. The number of fused-ring (bicyclic) bond motifs is 2. The number of hydrogen-bond donors (Lipinski definition) is 2. The molecule has 3 heterocycles. The highest BCUT2D eigenvalue weighted by atomic mass is 16.6. The third-order valence-electron chi connectivity index (χ3n) is 4.80. The van der Waals surface area contributed by atoms with E-state index < -0.39 is 5.91 Å². The number of carbonyl (C=O) groups excluding carboxylic acids is 2. The molecule has 2 aliphatic heterocycles. The van der Waals surface area contributed by atoms with Crippen LogP contribution in [0.2, 0.25) is 0 Å². The predicted octanol–water partition coefficient (Wildman–Crippen LogP) is 2.32. The van der Waals surface area contributed by atoms with E-state index in [0.29, 0.717) is 60.8 Å². The molecule has 0 bridgehead atoms. The molecule has 0 saturated carbocycles. The monoisotopic (exact) mass is 436 g/mol. The molecule has 0 saturated heterocycles. The maximum atomic E-state index is 12.5. The lowest BCUT2D eigenvalue weighted by Gasteiger charge is -2.19. The highest BCUT2D eigenvalue weighted by molar-refractivity contribution is 6.03. The number of aromatic nitrogens is 2. The van der Waals surface area contributed by atoms with Gasteiger partial charge in [0.25, 0.3) is 5.91 Å². The van der Waals surface area contributed by atoms with Gasteiger partial charge >= 0.3 is 0 Å². The number of nitrogens with one attached hydrogen (secondary N) is 2. The summed E-state index contributed by atoms with van der Waals surface area (Å²) in [5, 5.41) is 9.74. The SMILES string of the molecule is O=C(Cn1ccc(C(=O)Nc2ccc3c(c2)OCCO3)n1)Nc1ccc2c(c1)OCCO2. The normalized spacial score (nSPS) is 13.9. The van der Waals surface area contributed by atoms with Gasteiger partial charge in [-0.2, -0.15) is 5.10 Å². The molecule has 1 aromatic heterocycles. The minimum atomic E-state index is -0.396. The van der Waals surface area contributed by atoms with E-state index in [1.54, 1.807) is 48.7 Å². The summed E-state index contributed by atoms with van der Waals surface area (Å²) in [7, 11) is 0. The topological polar surface area (TPSA) is 113 Å². The quantitative estimate of drug-likeness (QED) is 0.631. The van der Waals surface area contributed by atoms with Gasteiger partial charge in [-0.05, 0) is 30.3 Å². The van der Waals surface area contributed by atoms with E-state index >= 15 is 0 Å². The second kappa shape index (κ2) is 8.50. The van der Waals surface area contributed by atoms with Gasteiger partial charge in [0.2, 0.25) is 5.91 Å². The smallest absolute Gasteiger partial charge is 0.276 e. The van der Waals surface area contributed by atoms with E-state index in [1.807, 2.05) is 0 Å². The van der Waals surface area contributed by atoms with Crippen molar-refractivity contribution >= 4 is 23.2 Å². The first-order chi connectivity index (χ1) is 15.6. The average molecular weight is 436 g/mol. The van der Waals surface area contributed by atoms with E-state index in [2.05, 4.69) is 15.7 Å². The Balaban J connectivity index is 1.19. The second-order valence-corrected chi connectivity index (χ2v) is 7.12. The van der Waals surface area contributed by atoms with Crippen molar-refractivity contribution in [2.24, 2.45) is 0 Å². The molecule has 10 heteroatoms. The minimum Gasteiger partial charge on any atom is -0.486 e. The van der Waals surface area contributed by atoms with Gasteiger partial charge in [0.05, 0.1) is 0 Å². The summed E-state index contributed by atoms with van der Waals surface area (Å²) < 4.78 is 23.4. The van der Waals surface area contributed by atoms with Crippen molar-refractivity contribution in [3.8, 4) is 23.0 Å². The van der Waals surface area contributed by atoms with Crippen LogP contribution in [-0.4, -0.2) is 48.0 Å². The van der Waals surface area contributed by atoms with Crippen LogP contribution in [0.25, 0.3) is 0 Å². The Labute approximate surface area is 183 Å². The van der Waals surface area contributed by atoms with Gasteiger partial charge in [-0.1, -0.05) is 0 Å². The number of carbonyl (C=O) groups is 2. The molecule has 5 rings (SSSR count). The number of amides is 2. The summed E-state index contributed by atoms with van der Waals surface area (Å²) in [5.74, 6) is 1.77. The van der Waals surface area contributed by atoms with Crippen molar-refractivity contribution in [1.29, 1.82) is 0 Å². The number of hydrogen-bond acceptors (Lipinski definition) is 7. The van der Waals surface area contributed by atoms with E-state index in [1.165, 1.54) is 4.68 Å². The van der Waals surface area contributed by atoms with E-state index in [9.17, 15) is 9.59 Å². The molecule has 10 nitrogen and oxygen atoms in total. The Hall–Kier alpha value is -4.21. The lowest BCUT2D eigenvalue weighted by atomic mass is 10.2. The first-order valence-electron chi connectivity index (χ1n) is 10.1. The highest BCUT2D eigenvalue weighted by Gasteiger charge is 2.16. The van der Waals surface area contributed by atoms with Crippen LogP contribution >= 0.6 is 0 Å².